The Morgan fingerprint density at radius 3 is 2.71 bits per heavy atom. The molecule has 1 aromatic heterocycles. The van der Waals surface area contributed by atoms with Crippen molar-refractivity contribution in [1.82, 2.24) is 4.98 Å². The van der Waals surface area contributed by atoms with Gasteiger partial charge in [-0.1, -0.05) is 6.92 Å². The minimum absolute atomic E-state index is 0.742. The van der Waals surface area contributed by atoms with Gasteiger partial charge >= 0.3 is 0 Å². The second-order valence-corrected chi connectivity index (χ2v) is 3.28. The van der Waals surface area contributed by atoms with E-state index in [0.717, 1.165) is 31.0 Å². The van der Waals surface area contributed by atoms with Crippen LogP contribution in [0.15, 0.2) is 18.3 Å². The normalized spacial score (nSPS) is 10.2. The Morgan fingerprint density at radius 1 is 1.43 bits per heavy atom. The maximum Gasteiger partial charge on any atom is 0.0637 e. The van der Waals surface area contributed by atoms with Crippen molar-refractivity contribution in [3.63, 3.8) is 0 Å². The van der Waals surface area contributed by atoms with E-state index < -0.39 is 0 Å². The fraction of sp³-hybridized carbons (Fsp3) is 0.545. The van der Waals surface area contributed by atoms with Gasteiger partial charge in [0.1, 0.15) is 0 Å². The number of ether oxygens (including phenoxy) is 1. The quantitative estimate of drug-likeness (QED) is 0.713. The number of hydrogen-bond donors (Lipinski definition) is 0. The van der Waals surface area contributed by atoms with Crippen molar-refractivity contribution in [2.45, 2.75) is 13.3 Å². The number of aryl methyl sites for hydroxylation is 1. The van der Waals surface area contributed by atoms with Crippen LogP contribution >= 0.6 is 0 Å². The van der Waals surface area contributed by atoms with E-state index in [-0.39, 0.29) is 0 Å². The van der Waals surface area contributed by atoms with Crippen molar-refractivity contribution in [2.75, 3.05) is 32.2 Å². The summed E-state index contributed by atoms with van der Waals surface area (Å²) < 4.78 is 5.02. The first kappa shape index (κ1) is 11.0. The molecular formula is C11H18N2O. The molecule has 3 nitrogen and oxygen atoms in total. The van der Waals surface area contributed by atoms with Gasteiger partial charge in [-0.25, -0.2) is 0 Å². The van der Waals surface area contributed by atoms with Crippen LogP contribution in [0.2, 0.25) is 0 Å². The summed E-state index contributed by atoms with van der Waals surface area (Å²) in [4.78, 5) is 6.48. The Hall–Kier alpha value is -1.09. The average molecular weight is 194 g/mol. The highest BCUT2D eigenvalue weighted by Crippen LogP contribution is 2.10. The second kappa shape index (κ2) is 5.60. The Kier molecular flexibility index (Phi) is 4.40. The summed E-state index contributed by atoms with van der Waals surface area (Å²) in [5, 5.41) is 0. The van der Waals surface area contributed by atoms with Crippen LogP contribution in [0, 0.1) is 0 Å². The zero-order valence-corrected chi connectivity index (χ0v) is 9.16. The second-order valence-electron chi connectivity index (χ2n) is 3.28. The van der Waals surface area contributed by atoms with Gasteiger partial charge in [0.05, 0.1) is 18.5 Å². The van der Waals surface area contributed by atoms with Gasteiger partial charge in [-0.2, -0.15) is 0 Å². The van der Waals surface area contributed by atoms with Crippen LogP contribution in [-0.4, -0.2) is 32.3 Å². The average Bonchev–Trinajstić information content (AvgIpc) is 2.26. The molecule has 1 heterocycles. The lowest BCUT2D eigenvalue weighted by Gasteiger charge is -2.18. The first-order valence-corrected chi connectivity index (χ1v) is 4.93. The fourth-order valence-electron chi connectivity index (χ4n) is 1.21. The van der Waals surface area contributed by atoms with Gasteiger partial charge in [0, 0.05) is 26.4 Å². The van der Waals surface area contributed by atoms with Crippen molar-refractivity contribution in [2.24, 2.45) is 0 Å². The molecule has 0 spiro atoms. The Balaban J connectivity index is 2.57. The Bertz CT molecular complexity index is 258. The number of nitrogens with zero attached hydrogens (tertiary/aromatic N) is 2. The predicted molar refractivity (Wildman–Crippen MR) is 58.8 cm³/mol. The van der Waals surface area contributed by atoms with Gasteiger partial charge < -0.3 is 9.64 Å². The van der Waals surface area contributed by atoms with Gasteiger partial charge in [-0.3, -0.25) is 4.98 Å². The van der Waals surface area contributed by atoms with E-state index in [2.05, 4.69) is 28.9 Å². The molecule has 0 aliphatic carbocycles. The maximum atomic E-state index is 5.02. The van der Waals surface area contributed by atoms with Gasteiger partial charge in [0.25, 0.3) is 0 Å². The molecule has 0 aliphatic rings. The highest BCUT2D eigenvalue weighted by Gasteiger charge is 2.00. The first-order chi connectivity index (χ1) is 6.77. The molecule has 0 fully saturated rings. The molecule has 78 valence electrons. The molecule has 0 aromatic carbocycles. The minimum atomic E-state index is 0.742. The number of hydrogen-bond acceptors (Lipinski definition) is 3. The van der Waals surface area contributed by atoms with Crippen LogP contribution in [0.25, 0.3) is 0 Å². The number of rotatable bonds is 5. The largest absolute Gasteiger partial charge is 0.383 e. The monoisotopic (exact) mass is 194 g/mol. The third kappa shape index (κ3) is 3.00. The van der Waals surface area contributed by atoms with Crippen molar-refractivity contribution in [3.8, 4) is 0 Å². The number of methoxy groups -OCH3 is 1. The zero-order chi connectivity index (χ0) is 10.4. The first-order valence-electron chi connectivity index (χ1n) is 4.93. The number of aromatic nitrogens is 1. The summed E-state index contributed by atoms with van der Waals surface area (Å²) >= 11 is 0. The minimum Gasteiger partial charge on any atom is -0.383 e. The van der Waals surface area contributed by atoms with Gasteiger partial charge in [-0.05, 0) is 18.6 Å². The third-order valence-electron chi connectivity index (χ3n) is 2.24. The number of likely N-dealkylation sites (N-methyl/N-ethyl adjacent to an activating group) is 1. The fourth-order valence-corrected chi connectivity index (χ4v) is 1.21. The maximum absolute atomic E-state index is 5.02. The lowest BCUT2D eigenvalue weighted by molar-refractivity contribution is 0.206. The molecule has 0 aliphatic heterocycles. The van der Waals surface area contributed by atoms with E-state index in [1.165, 1.54) is 0 Å². The molecule has 0 N–H and O–H groups in total. The summed E-state index contributed by atoms with van der Waals surface area (Å²) in [6, 6.07) is 4.17. The van der Waals surface area contributed by atoms with Crippen molar-refractivity contribution in [1.29, 1.82) is 0 Å². The SMILES string of the molecule is CCc1ccc(N(C)CCOC)cn1. The molecule has 0 amide bonds. The lowest BCUT2D eigenvalue weighted by atomic mass is 10.3. The molecule has 0 radical (unpaired) electrons. The number of pyridine rings is 1. The molecule has 0 saturated carbocycles. The van der Waals surface area contributed by atoms with E-state index in [4.69, 9.17) is 4.74 Å². The molecule has 0 atom stereocenters. The molecule has 3 heteroatoms. The highest BCUT2D eigenvalue weighted by atomic mass is 16.5. The topological polar surface area (TPSA) is 25.4 Å². The molecule has 14 heavy (non-hydrogen) atoms. The Morgan fingerprint density at radius 2 is 2.21 bits per heavy atom. The summed E-state index contributed by atoms with van der Waals surface area (Å²) in [6.45, 7) is 3.74. The molecule has 0 unspecified atom stereocenters. The van der Waals surface area contributed by atoms with E-state index in [9.17, 15) is 0 Å². The van der Waals surface area contributed by atoms with E-state index in [1.807, 2.05) is 13.2 Å². The molecule has 1 aromatic rings. The predicted octanol–water partition coefficient (Wildman–Crippen LogP) is 1.73. The van der Waals surface area contributed by atoms with Crippen molar-refractivity contribution < 1.29 is 4.74 Å². The van der Waals surface area contributed by atoms with Crippen LogP contribution in [0.5, 0.6) is 0 Å². The van der Waals surface area contributed by atoms with Crippen LogP contribution in [0.3, 0.4) is 0 Å². The summed E-state index contributed by atoms with van der Waals surface area (Å²) in [5.74, 6) is 0. The van der Waals surface area contributed by atoms with Crippen LogP contribution in [0.4, 0.5) is 5.69 Å². The van der Waals surface area contributed by atoms with Crippen LogP contribution in [-0.2, 0) is 11.2 Å². The molecule has 0 bridgehead atoms. The van der Waals surface area contributed by atoms with E-state index >= 15 is 0 Å². The van der Waals surface area contributed by atoms with E-state index in [0.29, 0.717) is 0 Å². The van der Waals surface area contributed by atoms with Gasteiger partial charge in [0.2, 0.25) is 0 Å². The van der Waals surface area contributed by atoms with Gasteiger partial charge in [-0.15, -0.1) is 0 Å². The number of anilines is 1. The summed E-state index contributed by atoms with van der Waals surface area (Å²) in [6.07, 6.45) is 2.90. The third-order valence-corrected chi connectivity index (χ3v) is 2.24. The van der Waals surface area contributed by atoms with Gasteiger partial charge in [0.15, 0.2) is 0 Å². The van der Waals surface area contributed by atoms with E-state index in [1.54, 1.807) is 7.11 Å². The lowest BCUT2D eigenvalue weighted by Crippen LogP contribution is -2.22. The standard InChI is InChI=1S/C11H18N2O/c1-4-10-5-6-11(9-12-10)13(2)7-8-14-3/h5-6,9H,4,7-8H2,1-3H3. The molecule has 0 saturated heterocycles. The molecular weight excluding hydrogens is 176 g/mol. The van der Waals surface area contributed by atoms with Crippen molar-refractivity contribution >= 4 is 5.69 Å². The Labute approximate surface area is 85.7 Å². The summed E-state index contributed by atoms with van der Waals surface area (Å²) in [5.41, 5.74) is 2.27. The van der Waals surface area contributed by atoms with Crippen LogP contribution < -0.4 is 4.90 Å². The van der Waals surface area contributed by atoms with Crippen LogP contribution in [0.1, 0.15) is 12.6 Å². The smallest absolute Gasteiger partial charge is 0.0637 e. The highest BCUT2D eigenvalue weighted by molar-refractivity contribution is 5.43. The zero-order valence-electron chi connectivity index (χ0n) is 9.16. The van der Waals surface area contributed by atoms with Crippen molar-refractivity contribution in [3.05, 3.63) is 24.0 Å². The summed E-state index contributed by atoms with van der Waals surface area (Å²) in [7, 11) is 3.76. The molecule has 1 rings (SSSR count).